The molecule has 1 aliphatic heterocycles. The minimum absolute atomic E-state index is 0.338. The molecule has 1 fully saturated rings. The van der Waals surface area contributed by atoms with Crippen LogP contribution < -0.4 is 14.2 Å². The van der Waals surface area contributed by atoms with Gasteiger partial charge in [0.05, 0.1) is 27.0 Å². The largest absolute Gasteiger partial charge is 0.493 e. The molecular weight excluding hydrogens is 320 g/mol. The molecule has 6 heteroatoms. The number of nitrogens with zero attached hydrogens (tertiary/aromatic N) is 2. The van der Waals surface area contributed by atoms with Crippen molar-refractivity contribution in [3.8, 4) is 17.2 Å². The Morgan fingerprint density at radius 3 is 2.32 bits per heavy atom. The minimum atomic E-state index is 0.338. The van der Waals surface area contributed by atoms with E-state index in [-0.39, 0.29) is 0 Å². The second-order valence-electron chi connectivity index (χ2n) is 6.40. The smallest absolute Gasteiger partial charge is 0.203 e. The highest BCUT2D eigenvalue weighted by molar-refractivity contribution is 5.53. The summed E-state index contributed by atoms with van der Waals surface area (Å²) in [5.74, 6) is 2.91. The second-order valence-corrected chi connectivity index (χ2v) is 6.40. The third-order valence-corrected chi connectivity index (χ3v) is 4.90. The van der Waals surface area contributed by atoms with E-state index < -0.39 is 0 Å². The van der Waals surface area contributed by atoms with Gasteiger partial charge in [-0.2, -0.15) is 0 Å². The minimum Gasteiger partial charge on any atom is -0.493 e. The molecule has 1 saturated heterocycles. The molecule has 1 aromatic heterocycles. The molecule has 0 saturated carbocycles. The van der Waals surface area contributed by atoms with Gasteiger partial charge in [0.15, 0.2) is 11.5 Å². The number of hydrogen-bond acceptors (Lipinski definition) is 6. The molecule has 1 unspecified atom stereocenters. The molecule has 3 rings (SSSR count). The number of likely N-dealkylation sites (tertiary alicyclic amines) is 1. The first kappa shape index (κ1) is 17.6. The molecule has 0 amide bonds. The van der Waals surface area contributed by atoms with Crippen molar-refractivity contribution in [2.45, 2.75) is 39.3 Å². The molecule has 0 radical (unpaired) electrons. The molecule has 0 spiro atoms. The summed E-state index contributed by atoms with van der Waals surface area (Å²) < 4.78 is 21.7. The monoisotopic (exact) mass is 346 g/mol. The van der Waals surface area contributed by atoms with Crippen LogP contribution in [0.4, 0.5) is 0 Å². The van der Waals surface area contributed by atoms with E-state index in [0.717, 1.165) is 36.5 Å². The molecule has 1 aromatic carbocycles. The average Bonchev–Trinajstić information content (AvgIpc) is 3.19. The van der Waals surface area contributed by atoms with Gasteiger partial charge in [-0.15, -0.1) is 0 Å². The Morgan fingerprint density at radius 2 is 1.80 bits per heavy atom. The second kappa shape index (κ2) is 7.35. The highest BCUT2D eigenvalue weighted by Gasteiger charge is 2.31. The van der Waals surface area contributed by atoms with Crippen LogP contribution in [-0.4, -0.2) is 37.9 Å². The van der Waals surface area contributed by atoms with Crippen LogP contribution in [-0.2, 0) is 6.54 Å². The van der Waals surface area contributed by atoms with Crippen molar-refractivity contribution in [1.29, 1.82) is 0 Å². The topological polar surface area (TPSA) is 57.0 Å². The van der Waals surface area contributed by atoms with Gasteiger partial charge >= 0.3 is 0 Å². The van der Waals surface area contributed by atoms with Gasteiger partial charge in [0.1, 0.15) is 5.76 Å². The van der Waals surface area contributed by atoms with Crippen LogP contribution in [0.25, 0.3) is 0 Å². The van der Waals surface area contributed by atoms with Crippen LogP contribution in [0.3, 0.4) is 0 Å². The molecular formula is C19H26N2O4. The summed E-state index contributed by atoms with van der Waals surface area (Å²) in [6.45, 7) is 5.86. The van der Waals surface area contributed by atoms with Crippen molar-refractivity contribution in [2.24, 2.45) is 0 Å². The lowest BCUT2D eigenvalue weighted by molar-refractivity contribution is 0.244. The summed E-state index contributed by atoms with van der Waals surface area (Å²) in [4.78, 5) is 2.47. The van der Waals surface area contributed by atoms with E-state index in [2.05, 4.69) is 10.1 Å². The Labute approximate surface area is 148 Å². The van der Waals surface area contributed by atoms with E-state index in [9.17, 15) is 0 Å². The molecule has 6 nitrogen and oxygen atoms in total. The number of aromatic nitrogens is 1. The maximum atomic E-state index is 5.47. The maximum Gasteiger partial charge on any atom is 0.203 e. The van der Waals surface area contributed by atoms with E-state index >= 15 is 0 Å². The summed E-state index contributed by atoms with van der Waals surface area (Å²) >= 11 is 0. The van der Waals surface area contributed by atoms with Crippen molar-refractivity contribution >= 4 is 0 Å². The van der Waals surface area contributed by atoms with E-state index in [1.807, 2.05) is 26.0 Å². The Hall–Kier alpha value is -2.21. The number of hydrogen-bond donors (Lipinski definition) is 0. The Morgan fingerprint density at radius 1 is 1.12 bits per heavy atom. The van der Waals surface area contributed by atoms with Crippen LogP contribution in [0.2, 0.25) is 0 Å². The third-order valence-electron chi connectivity index (χ3n) is 4.90. The van der Waals surface area contributed by atoms with Crippen molar-refractivity contribution in [3.05, 3.63) is 34.7 Å². The van der Waals surface area contributed by atoms with Crippen molar-refractivity contribution < 1.29 is 18.7 Å². The Kier molecular flexibility index (Phi) is 5.18. The molecule has 1 atom stereocenters. The molecule has 0 N–H and O–H groups in total. The summed E-state index contributed by atoms with van der Waals surface area (Å²) in [5.41, 5.74) is 3.34. The van der Waals surface area contributed by atoms with E-state index in [4.69, 9.17) is 18.7 Å². The van der Waals surface area contributed by atoms with E-state index in [1.54, 1.807) is 21.3 Å². The third kappa shape index (κ3) is 3.31. The van der Waals surface area contributed by atoms with Crippen LogP contribution in [0.15, 0.2) is 16.7 Å². The van der Waals surface area contributed by atoms with E-state index in [1.165, 1.54) is 12.0 Å². The summed E-state index contributed by atoms with van der Waals surface area (Å²) in [5, 5.41) is 4.12. The summed E-state index contributed by atoms with van der Waals surface area (Å²) in [6.07, 6.45) is 2.28. The fourth-order valence-electron chi connectivity index (χ4n) is 3.77. The number of methoxy groups -OCH3 is 3. The van der Waals surface area contributed by atoms with Gasteiger partial charge in [0, 0.05) is 18.2 Å². The van der Waals surface area contributed by atoms with E-state index in [0.29, 0.717) is 23.3 Å². The first-order valence-corrected chi connectivity index (χ1v) is 8.54. The first-order chi connectivity index (χ1) is 12.1. The summed E-state index contributed by atoms with van der Waals surface area (Å²) in [6, 6.07) is 4.37. The molecule has 136 valence electrons. The Balaban J connectivity index is 1.89. The predicted molar refractivity (Wildman–Crippen MR) is 94.5 cm³/mol. The van der Waals surface area contributed by atoms with Gasteiger partial charge in [-0.25, -0.2) is 0 Å². The van der Waals surface area contributed by atoms with Crippen LogP contribution in [0.5, 0.6) is 17.2 Å². The zero-order chi connectivity index (χ0) is 18.0. The molecule has 1 aliphatic rings. The zero-order valence-corrected chi connectivity index (χ0v) is 15.6. The lowest BCUT2D eigenvalue weighted by Crippen LogP contribution is -2.23. The number of benzene rings is 1. The average molecular weight is 346 g/mol. The lowest BCUT2D eigenvalue weighted by atomic mass is 10.0. The number of ether oxygens (including phenoxy) is 3. The van der Waals surface area contributed by atoms with Crippen molar-refractivity contribution in [3.63, 3.8) is 0 Å². The summed E-state index contributed by atoms with van der Waals surface area (Å²) in [7, 11) is 4.90. The molecule has 2 aromatic rings. The van der Waals surface area contributed by atoms with Crippen LogP contribution >= 0.6 is 0 Å². The van der Waals surface area contributed by atoms with Gasteiger partial charge in [-0.05, 0) is 50.9 Å². The van der Waals surface area contributed by atoms with Gasteiger partial charge in [0.25, 0.3) is 0 Å². The quantitative estimate of drug-likeness (QED) is 0.796. The number of aryl methyl sites for hydroxylation is 2. The number of rotatable bonds is 6. The maximum absolute atomic E-state index is 5.47. The van der Waals surface area contributed by atoms with Gasteiger partial charge in [-0.1, -0.05) is 5.16 Å². The molecule has 0 aliphatic carbocycles. The normalized spacial score (nSPS) is 17.7. The fraction of sp³-hybridized carbons (Fsp3) is 0.526. The molecule has 25 heavy (non-hydrogen) atoms. The highest BCUT2D eigenvalue weighted by atomic mass is 16.5. The highest BCUT2D eigenvalue weighted by Crippen LogP contribution is 2.41. The SMILES string of the molecule is COc1cc(CN2CCCC2c2c(C)noc2C)cc(OC)c1OC. The van der Waals surface area contributed by atoms with Crippen LogP contribution in [0.1, 0.15) is 41.5 Å². The van der Waals surface area contributed by atoms with Crippen molar-refractivity contribution in [2.75, 3.05) is 27.9 Å². The van der Waals surface area contributed by atoms with Crippen LogP contribution in [0, 0.1) is 13.8 Å². The fourth-order valence-corrected chi connectivity index (χ4v) is 3.77. The van der Waals surface area contributed by atoms with Gasteiger partial charge in [0.2, 0.25) is 5.75 Å². The zero-order valence-electron chi connectivity index (χ0n) is 15.6. The molecule has 2 heterocycles. The Bertz CT molecular complexity index is 697. The molecule has 0 bridgehead atoms. The lowest BCUT2D eigenvalue weighted by Gasteiger charge is -2.25. The predicted octanol–water partition coefficient (Wildman–Crippen LogP) is 3.65. The van der Waals surface area contributed by atoms with Crippen molar-refractivity contribution in [1.82, 2.24) is 10.1 Å². The first-order valence-electron chi connectivity index (χ1n) is 8.54. The van der Waals surface area contributed by atoms with Gasteiger partial charge in [-0.3, -0.25) is 4.90 Å². The standard InChI is InChI=1S/C19H26N2O4/c1-12-18(13(2)25-20-12)15-7-6-8-21(15)11-14-9-16(22-3)19(24-5)17(10-14)23-4/h9-10,15H,6-8,11H2,1-5H3. The van der Waals surface area contributed by atoms with Gasteiger partial charge < -0.3 is 18.7 Å².